The van der Waals surface area contributed by atoms with Crippen LogP contribution in [0.25, 0.3) is 0 Å². The summed E-state index contributed by atoms with van der Waals surface area (Å²) in [5.41, 5.74) is 0. The minimum Gasteiger partial charge on any atom is -0.391 e. The standard InChI is InChI=1S/C17H32N2O2/c1-3-12(4-2)16(20)11-18-17(21)15-10-9-13-7-5-6-8-14(13)19-15/h12-16,19-20H,3-11H2,1-2H3,(H,18,21). The van der Waals surface area contributed by atoms with Crippen molar-refractivity contribution in [2.75, 3.05) is 6.54 Å². The van der Waals surface area contributed by atoms with E-state index in [-0.39, 0.29) is 17.9 Å². The number of nitrogens with one attached hydrogen (secondary N) is 2. The molecule has 122 valence electrons. The third kappa shape index (κ3) is 4.43. The minimum absolute atomic E-state index is 0.0572. The molecule has 4 heteroatoms. The van der Waals surface area contributed by atoms with Gasteiger partial charge in [0.2, 0.25) is 5.91 Å². The third-order valence-electron chi connectivity index (χ3n) is 5.55. The molecule has 1 saturated heterocycles. The lowest BCUT2D eigenvalue weighted by atomic mass is 9.77. The van der Waals surface area contributed by atoms with Crippen molar-refractivity contribution in [3.05, 3.63) is 0 Å². The van der Waals surface area contributed by atoms with E-state index in [0.717, 1.165) is 25.2 Å². The van der Waals surface area contributed by atoms with Gasteiger partial charge in [-0.05, 0) is 37.5 Å². The molecule has 0 spiro atoms. The molecule has 1 saturated carbocycles. The molecule has 2 fully saturated rings. The fourth-order valence-corrected chi connectivity index (χ4v) is 4.03. The SMILES string of the molecule is CCC(CC)C(O)CNC(=O)C1CCC2CCCCC2N1. The van der Waals surface area contributed by atoms with Gasteiger partial charge in [0.1, 0.15) is 0 Å². The van der Waals surface area contributed by atoms with Gasteiger partial charge in [-0.15, -0.1) is 0 Å². The van der Waals surface area contributed by atoms with Gasteiger partial charge in [-0.1, -0.05) is 39.5 Å². The van der Waals surface area contributed by atoms with E-state index in [9.17, 15) is 9.90 Å². The first-order valence-corrected chi connectivity index (χ1v) is 8.87. The van der Waals surface area contributed by atoms with Crippen molar-refractivity contribution in [3.63, 3.8) is 0 Å². The van der Waals surface area contributed by atoms with Gasteiger partial charge < -0.3 is 15.7 Å². The number of amides is 1. The van der Waals surface area contributed by atoms with Crippen molar-refractivity contribution in [2.24, 2.45) is 11.8 Å². The Morgan fingerprint density at radius 3 is 2.62 bits per heavy atom. The number of carbonyl (C=O) groups excluding carboxylic acids is 1. The number of fused-ring (bicyclic) bond motifs is 1. The van der Waals surface area contributed by atoms with E-state index in [4.69, 9.17) is 0 Å². The average Bonchev–Trinajstić information content (AvgIpc) is 2.53. The molecule has 0 radical (unpaired) electrons. The highest BCUT2D eigenvalue weighted by Gasteiger charge is 2.34. The Balaban J connectivity index is 1.76. The molecule has 0 aromatic carbocycles. The number of carbonyl (C=O) groups is 1. The third-order valence-corrected chi connectivity index (χ3v) is 5.55. The van der Waals surface area contributed by atoms with Gasteiger partial charge in [-0.25, -0.2) is 0 Å². The van der Waals surface area contributed by atoms with Gasteiger partial charge >= 0.3 is 0 Å². The average molecular weight is 296 g/mol. The maximum absolute atomic E-state index is 12.3. The lowest BCUT2D eigenvalue weighted by Gasteiger charge is -2.40. The summed E-state index contributed by atoms with van der Waals surface area (Å²) in [7, 11) is 0. The molecule has 0 bridgehead atoms. The minimum atomic E-state index is -0.421. The predicted octanol–water partition coefficient (Wildman–Crippen LogP) is 2.21. The van der Waals surface area contributed by atoms with Crippen molar-refractivity contribution in [1.82, 2.24) is 10.6 Å². The Labute approximate surface area is 129 Å². The fourth-order valence-electron chi connectivity index (χ4n) is 4.03. The second kappa shape index (κ2) is 8.14. The molecule has 3 N–H and O–H groups in total. The first-order chi connectivity index (χ1) is 10.2. The molecule has 1 aliphatic heterocycles. The summed E-state index contributed by atoms with van der Waals surface area (Å²) >= 11 is 0. The molecule has 1 heterocycles. The number of rotatable bonds is 6. The van der Waals surface area contributed by atoms with Gasteiger partial charge in [0.05, 0.1) is 12.1 Å². The topological polar surface area (TPSA) is 61.4 Å². The van der Waals surface area contributed by atoms with Crippen LogP contribution < -0.4 is 10.6 Å². The number of aliphatic hydroxyl groups is 1. The summed E-state index contributed by atoms with van der Waals surface area (Å²) in [4.78, 5) is 12.3. The molecule has 4 atom stereocenters. The quantitative estimate of drug-likeness (QED) is 0.704. The number of aliphatic hydroxyl groups excluding tert-OH is 1. The zero-order valence-corrected chi connectivity index (χ0v) is 13.6. The van der Waals surface area contributed by atoms with Crippen LogP contribution in [0, 0.1) is 11.8 Å². The van der Waals surface area contributed by atoms with Crippen LogP contribution in [-0.2, 0) is 4.79 Å². The van der Waals surface area contributed by atoms with E-state index in [2.05, 4.69) is 24.5 Å². The zero-order chi connectivity index (χ0) is 15.2. The zero-order valence-electron chi connectivity index (χ0n) is 13.6. The van der Waals surface area contributed by atoms with Crippen LogP contribution in [0.1, 0.15) is 65.2 Å². The first-order valence-electron chi connectivity index (χ1n) is 8.87. The maximum Gasteiger partial charge on any atom is 0.237 e. The fraction of sp³-hybridized carbons (Fsp3) is 0.941. The van der Waals surface area contributed by atoms with Crippen molar-refractivity contribution < 1.29 is 9.90 Å². The molecule has 1 amide bonds. The molecule has 4 nitrogen and oxygen atoms in total. The van der Waals surface area contributed by atoms with E-state index < -0.39 is 6.10 Å². The number of hydrogen-bond acceptors (Lipinski definition) is 3. The van der Waals surface area contributed by atoms with Gasteiger partial charge in [0, 0.05) is 12.6 Å². The summed E-state index contributed by atoms with van der Waals surface area (Å²) in [5.74, 6) is 1.13. The molecule has 2 aliphatic rings. The summed E-state index contributed by atoms with van der Waals surface area (Å²) in [6.45, 7) is 4.56. The molecule has 21 heavy (non-hydrogen) atoms. The summed E-state index contributed by atoms with van der Waals surface area (Å²) < 4.78 is 0. The number of hydrogen-bond donors (Lipinski definition) is 3. The smallest absolute Gasteiger partial charge is 0.237 e. The van der Waals surface area contributed by atoms with Crippen molar-refractivity contribution in [3.8, 4) is 0 Å². The Morgan fingerprint density at radius 2 is 1.90 bits per heavy atom. The van der Waals surface area contributed by atoms with Crippen molar-refractivity contribution in [2.45, 2.75) is 83.4 Å². The van der Waals surface area contributed by atoms with Crippen molar-refractivity contribution in [1.29, 1.82) is 0 Å². The van der Waals surface area contributed by atoms with E-state index in [1.165, 1.54) is 32.1 Å². The van der Waals surface area contributed by atoms with Crippen molar-refractivity contribution >= 4 is 5.91 Å². The summed E-state index contributed by atoms with van der Waals surface area (Å²) in [6.07, 6.45) is 8.77. The van der Waals surface area contributed by atoms with Gasteiger partial charge in [0.25, 0.3) is 0 Å². The van der Waals surface area contributed by atoms with Crippen LogP contribution in [0.4, 0.5) is 0 Å². The van der Waals surface area contributed by atoms with Crippen LogP contribution >= 0.6 is 0 Å². The second-order valence-corrected chi connectivity index (χ2v) is 6.84. The van der Waals surface area contributed by atoms with Gasteiger partial charge in [-0.3, -0.25) is 4.79 Å². The van der Waals surface area contributed by atoms with Crippen LogP contribution in [0.5, 0.6) is 0 Å². The first kappa shape index (κ1) is 16.8. The predicted molar refractivity (Wildman–Crippen MR) is 85.0 cm³/mol. The molecule has 0 aromatic rings. The van der Waals surface area contributed by atoms with Crippen LogP contribution in [0.3, 0.4) is 0 Å². The lowest BCUT2D eigenvalue weighted by molar-refractivity contribution is -0.125. The maximum atomic E-state index is 12.3. The van der Waals surface area contributed by atoms with E-state index in [1.54, 1.807) is 0 Å². The largest absolute Gasteiger partial charge is 0.391 e. The van der Waals surface area contributed by atoms with Gasteiger partial charge in [-0.2, -0.15) is 0 Å². The molecule has 1 aliphatic carbocycles. The lowest BCUT2D eigenvalue weighted by Crippen LogP contribution is -2.55. The van der Waals surface area contributed by atoms with E-state index >= 15 is 0 Å². The van der Waals surface area contributed by atoms with Gasteiger partial charge in [0.15, 0.2) is 0 Å². The van der Waals surface area contributed by atoms with Crippen LogP contribution in [0.2, 0.25) is 0 Å². The van der Waals surface area contributed by atoms with E-state index in [0.29, 0.717) is 12.6 Å². The summed E-state index contributed by atoms with van der Waals surface area (Å²) in [6, 6.07) is 0.477. The molecular formula is C17H32N2O2. The Bertz CT molecular complexity index is 331. The molecule has 4 unspecified atom stereocenters. The Kier molecular flexibility index (Phi) is 6.49. The second-order valence-electron chi connectivity index (χ2n) is 6.84. The molecule has 0 aromatic heterocycles. The van der Waals surface area contributed by atoms with Crippen LogP contribution in [-0.4, -0.2) is 35.7 Å². The summed E-state index contributed by atoms with van der Waals surface area (Å²) in [5, 5.41) is 16.6. The highest BCUT2D eigenvalue weighted by molar-refractivity contribution is 5.81. The van der Waals surface area contributed by atoms with E-state index in [1.807, 2.05) is 0 Å². The monoisotopic (exact) mass is 296 g/mol. The normalized spacial score (nSPS) is 30.8. The number of piperidine rings is 1. The molecule has 2 rings (SSSR count). The highest BCUT2D eigenvalue weighted by Crippen LogP contribution is 2.32. The van der Waals surface area contributed by atoms with Crippen LogP contribution in [0.15, 0.2) is 0 Å². The Morgan fingerprint density at radius 1 is 1.19 bits per heavy atom. The highest BCUT2D eigenvalue weighted by atomic mass is 16.3. The molecular weight excluding hydrogens is 264 g/mol. The Hall–Kier alpha value is -0.610.